The lowest BCUT2D eigenvalue weighted by molar-refractivity contribution is 0.103. The first-order valence-electron chi connectivity index (χ1n) is 7.55. The smallest absolute Gasteiger partial charge is 0.321 e. The van der Waals surface area contributed by atoms with Crippen LogP contribution in [-0.4, -0.2) is 28.4 Å². The third kappa shape index (κ3) is 2.45. The van der Waals surface area contributed by atoms with Gasteiger partial charge in [-0.25, -0.2) is 0 Å². The Morgan fingerprint density at radius 2 is 1.72 bits per heavy atom. The Labute approximate surface area is 149 Å². The number of rotatable bonds is 2. The number of hydrogen-bond donors (Lipinski definition) is 1. The van der Waals surface area contributed by atoms with E-state index in [4.69, 9.17) is 0 Å². The molecule has 8 heteroatoms. The van der Waals surface area contributed by atoms with Gasteiger partial charge in [0.15, 0.2) is 0 Å². The van der Waals surface area contributed by atoms with E-state index in [0.29, 0.717) is 21.9 Å². The summed E-state index contributed by atoms with van der Waals surface area (Å²) < 4.78 is 27.8. The number of fused-ring (bicyclic) bond motifs is 2. The molecule has 1 aliphatic heterocycles. The van der Waals surface area contributed by atoms with Crippen LogP contribution in [0.25, 0.3) is 10.1 Å². The first-order valence-corrected chi connectivity index (χ1v) is 9.76. The van der Waals surface area contributed by atoms with Gasteiger partial charge in [0.2, 0.25) is 0 Å². The highest BCUT2D eigenvalue weighted by Gasteiger charge is 2.35. The minimum absolute atomic E-state index is 0.210. The highest BCUT2D eigenvalue weighted by molar-refractivity contribution is 7.94. The molecule has 4 rings (SSSR count). The molecule has 1 amide bonds. The molecule has 0 spiro atoms. The van der Waals surface area contributed by atoms with Gasteiger partial charge >= 0.3 is 10.2 Å². The van der Waals surface area contributed by atoms with E-state index in [-0.39, 0.29) is 5.91 Å². The number of nitrogens with zero attached hydrogens (tertiary/aromatic N) is 2. The van der Waals surface area contributed by atoms with Gasteiger partial charge in [0.1, 0.15) is 0 Å². The van der Waals surface area contributed by atoms with Gasteiger partial charge in [-0.3, -0.25) is 13.4 Å². The SMILES string of the molecule is CN1c2ccc(NC(=O)c3cc4ccccc4s3)cc2N(C)S1(=O)=O. The summed E-state index contributed by atoms with van der Waals surface area (Å²) in [5, 5.41) is 3.87. The highest BCUT2D eigenvalue weighted by Crippen LogP contribution is 2.40. The van der Waals surface area contributed by atoms with Gasteiger partial charge in [0, 0.05) is 24.5 Å². The van der Waals surface area contributed by atoms with Crippen LogP contribution in [0.5, 0.6) is 0 Å². The average Bonchev–Trinajstić information content (AvgIpc) is 3.10. The number of carbonyl (C=O) groups excluding carboxylic acids is 1. The van der Waals surface area contributed by atoms with Gasteiger partial charge < -0.3 is 5.32 Å². The quantitative estimate of drug-likeness (QED) is 0.749. The monoisotopic (exact) mass is 373 g/mol. The lowest BCUT2D eigenvalue weighted by Gasteiger charge is -2.13. The van der Waals surface area contributed by atoms with Crippen molar-refractivity contribution in [1.29, 1.82) is 0 Å². The van der Waals surface area contributed by atoms with Gasteiger partial charge in [-0.1, -0.05) is 18.2 Å². The number of nitrogens with one attached hydrogen (secondary N) is 1. The van der Waals surface area contributed by atoms with E-state index >= 15 is 0 Å². The Balaban J connectivity index is 1.64. The predicted molar refractivity (Wildman–Crippen MR) is 102 cm³/mol. The zero-order valence-electron chi connectivity index (χ0n) is 13.6. The summed E-state index contributed by atoms with van der Waals surface area (Å²) in [5.74, 6) is -0.210. The predicted octanol–water partition coefficient (Wildman–Crippen LogP) is 3.28. The Bertz CT molecular complexity index is 1070. The maximum absolute atomic E-state index is 12.5. The standard InChI is InChI=1S/C17H15N3O3S2/c1-19-13-8-7-12(10-14(13)20(2)25(19,22)23)18-17(21)16-9-11-5-3-4-6-15(11)24-16/h3-10H,1-2H3,(H,18,21). The highest BCUT2D eigenvalue weighted by atomic mass is 32.2. The zero-order chi connectivity index (χ0) is 17.8. The average molecular weight is 373 g/mol. The fourth-order valence-corrected chi connectivity index (χ4v) is 4.96. The van der Waals surface area contributed by atoms with Gasteiger partial charge in [0.25, 0.3) is 5.91 Å². The van der Waals surface area contributed by atoms with E-state index in [1.807, 2.05) is 30.3 Å². The van der Waals surface area contributed by atoms with Gasteiger partial charge in [-0.2, -0.15) is 8.42 Å². The van der Waals surface area contributed by atoms with Crippen molar-refractivity contribution < 1.29 is 13.2 Å². The van der Waals surface area contributed by atoms with Crippen molar-refractivity contribution >= 4 is 54.6 Å². The van der Waals surface area contributed by atoms with Crippen LogP contribution in [0.3, 0.4) is 0 Å². The fourth-order valence-electron chi connectivity index (χ4n) is 2.84. The molecular weight excluding hydrogens is 358 g/mol. The van der Waals surface area contributed by atoms with Crippen LogP contribution in [0.2, 0.25) is 0 Å². The minimum Gasteiger partial charge on any atom is -0.321 e. The molecule has 1 N–H and O–H groups in total. The first kappa shape index (κ1) is 15.9. The summed E-state index contributed by atoms with van der Waals surface area (Å²) in [6.45, 7) is 0. The zero-order valence-corrected chi connectivity index (χ0v) is 15.2. The van der Waals surface area contributed by atoms with Crippen LogP contribution in [0.15, 0.2) is 48.5 Å². The van der Waals surface area contributed by atoms with Crippen molar-refractivity contribution in [3.63, 3.8) is 0 Å². The van der Waals surface area contributed by atoms with Crippen molar-refractivity contribution in [1.82, 2.24) is 0 Å². The van der Waals surface area contributed by atoms with Crippen molar-refractivity contribution in [2.24, 2.45) is 0 Å². The van der Waals surface area contributed by atoms with Crippen LogP contribution in [0.1, 0.15) is 9.67 Å². The molecule has 0 fully saturated rings. The van der Waals surface area contributed by atoms with E-state index in [1.54, 1.807) is 18.2 Å². The van der Waals surface area contributed by atoms with Gasteiger partial charge in [0.05, 0.1) is 16.3 Å². The minimum atomic E-state index is -3.52. The first-order chi connectivity index (χ1) is 11.9. The fraction of sp³-hybridized carbons (Fsp3) is 0.118. The van der Waals surface area contributed by atoms with Gasteiger partial charge in [-0.15, -0.1) is 11.3 Å². The maximum Gasteiger partial charge on any atom is 0.326 e. The molecule has 0 radical (unpaired) electrons. The van der Waals surface area contributed by atoms with E-state index < -0.39 is 10.2 Å². The number of carbonyl (C=O) groups is 1. The molecule has 2 aromatic carbocycles. The van der Waals surface area contributed by atoms with Crippen LogP contribution >= 0.6 is 11.3 Å². The molecule has 128 valence electrons. The summed E-state index contributed by atoms with van der Waals surface area (Å²) in [5.41, 5.74) is 1.68. The largest absolute Gasteiger partial charge is 0.326 e. The molecule has 0 aliphatic carbocycles. The molecule has 0 saturated heterocycles. The molecule has 0 atom stereocenters. The summed E-state index contributed by atoms with van der Waals surface area (Å²) >= 11 is 1.42. The second-order valence-corrected chi connectivity index (χ2v) is 8.82. The number of thiophene rings is 1. The lowest BCUT2D eigenvalue weighted by Crippen LogP contribution is -2.32. The lowest BCUT2D eigenvalue weighted by atomic mass is 10.2. The molecule has 25 heavy (non-hydrogen) atoms. The molecular formula is C17H15N3O3S2. The van der Waals surface area contributed by atoms with Crippen molar-refractivity contribution in [2.45, 2.75) is 0 Å². The molecule has 0 bridgehead atoms. The number of hydrogen-bond acceptors (Lipinski definition) is 4. The van der Waals surface area contributed by atoms with Crippen LogP contribution < -0.4 is 13.9 Å². The number of amides is 1. The molecule has 2 heterocycles. The third-order valence-electron chi connectivity index (χ3n) is 4.25. The summed E-state index contributed by atoms with van der Waals surface area (Å²) in [6, 6.07) is 14.7. The number of benzene rings is 2. The normalized spacial score (nSPS) is 15.4. The summed E-state index contributed by atoms with van der Waals surface area (Å²) in [7, 11) is -0.519. The topological polar surface area (TPSA) is 69.7 Å². The van der Waals surface area contributed by atoms with E-state index in [1.165, 1.54) is 34.0 Å². The maximum atomic E-state index is 12.5. The van der Waals surface area contributed by atoms with Crippen LogP contribution in [0.4, 0.5) is 17.1 Å². The molecule has 6 nitrogen and oxygen atoms in total. The molecule has 0 saturated carbocycles. The Kier molecular flexibility index (Phi) is 3.48. The Morgan fingerprint density at radius 3 is 2.48 bits per heavy atom. The summed E-state index contributed by atoms with van der Waals surface area (Å²) in [6.07, 6.45) is 0. The second kappa shape index (κ2) is 5.47. The molecule has 1 aromatic heterocycles. The van der Waals surface area contributed by atoms with E-state index in [2.05, 4.69) is 5.32 Å². The summed E-state index contributed by atoms with van der Waals surface area (Å²) in [4.78, 5) is 13.1. The Morgan fingerprint density at radius 1 is 1.00 bits per heavy atom. The Hall–Kier alpha value is -2.58. The molecule has 0 unspecified atom stereocenters. The van der Waals surface area contributed by atoms with Crippen LogP contribution in [0, 0.1) is 0 Å². The van der Waals surface area contributed by atoms with Gasteiger partial charge in [-0.05, 0) is 35.7 Å². The van der Waals surface area contributed by atoms with Crippen LogP contribution in [-0.2, 0) is 10.2 Å². The third-order valence-corrected chi connectivity index (χ3v) is 7.15. The van der Waals surface area contributed by atoms with Crippen molar-refractivity contribution in [3.05, 3.63) is 53.4 Å². The van der Waals surface area contributed by atoms with E-state index in [0.717, 1.165) is 10.1 Å². The second-order valence-electron chi connectivity index (χ2n) is 5.75. The van der Waals surface area contributed by atoms with Crippen molar-refractivity contribution in [3.8, 4) is 0 Å². The molecule has 1 aliphatic rings. The van der Waals surface area contributed by atoms with Crippen molar-refractivity contribution in [2.75, 3.05) is 28.0 Å². The molecule has 3 aromatic rings. The van der Waals surface area contributed by atoms with E-state index in [9.17, 15) is 13.2 Å². The number of anilines is 3.